The maximum absolute atomic E-state index is 12.1. The summed E-state index contributed by atoms with van der Waals surface area (Å²) in [7, 11) is 1.53. The number of thiazole rings is 1. The molecule has 0 N–H and O–H groups in total. The summed E-state index contributed by atoms with van der Waals surface area (Å²) in [5.41, 5.74) is 1.64. The minimum absolute atomic E-state index is 0.0993. The summed E-state index contributed by atoms with van der Waals surface area (Å²) in [4.78, 5) is 16.6. The van der Waals surface area contributed by atoms with Gasteiger partial charge in [-0.3, -0.25) is 4.79 Å². The predicted octanol–water partition coefficient (Wildman–Crippen LogP) is 4.62. The Balaban J connectivity index is 1.68. The van der Waals surface area contributed by atoms with Crippen molar-refractivity contribution in [3.05, 3.63) is 64.6 Å². The van der Waals surface area contributed by atoms with E-state index in [1.807, 2.05) is 35.7 Å². The van der Waals surface area contributed by atoms with Gasteiger partial charge in [0.05, 0.1) is 19.2 Å². The van der Waals surface area contributed by atoms with Crippen molar-refractivity contribution in [2.45, 2.75) is 6.42 Å². The van der Waals surface area contributed by atoms with Crippen LogP contribution in [0.4, 0.5) is 0 Å². The quantitative estimate of drug-likeness (QED) is 0.492. The summed E-state index contributed by atoms with van der Waals surface area (Å²) in [6, 6.07) is 14.5. The molecule has 0 aliphatic rings. The van der Waals surface area contributed by atoms with Gasteiger partial charge in [-0.25, -0.2) is 4.98 Å². The third-order valence-electron chi connectivity index (χ3n) is 3.26. The van der Waals surface area contributed by atoms with Crippen LogP contribution >= 0.6 is 22.9 Å². The van der Waals surface area contributed by atoms with Gasteiger partial charge in [0.2, 0.25) is 0 Å². The molecule has 0 aliphatic carbocycles. The van der Waals surface area contributed by atoms with Gasteiger partial charge in [-0.15, -0.1) is 11.3 Å². The van der Waals surface area contributed by atoms with E-state index >= 15 is 0 Å². The first-order valence-electron chi connectivity index (χ1n) is 7.20. The average Bonchev–Trinajstić information content (AvgIpc) is 3.04. The molecule has 6 heteroatoms. The highest BCUT2D eigenvalue weighted by atomic mass is 35.5. The second-order valence-electron chi connectivity index (χ2n) is 4.95. The summed E-state index contributed by atoms with van der Waals surface area (Å²) in [6.45, 7) is 0. The zero-order valence-electron chi connectivity index (χ0n) is 12.9. The molecule has 24 heavy (non-hydrogen) atoms. The minimum Gasteiger partial charge on any atom is -0.493 e. The van der Waals surface area contributed by atoms with E-state index in [1.165, 1.54) is 18.4 Å². The average molecular weight is 360 g/mol. The fraction of sp³-hybridized carbons (Fsp3) is 0.111. The number of hydrogen-bond acceptors (Lipinski definition) is 5. The van der Waals surface area contributed by atoms with Gasteiger partial charge in [-0.1, -0.05) is 35.9 Å². The molecule has 0 saturated carbocycles. The molecular weight excluding hydrogens is 346 g/mol. The summed E-state index contributed by atoms with van der Waals surface area (Å²) in [6.07, 6.45) is 0.0993. The van der Waals surface area contributed by atoms with Crippen molar-refractivity contribution in [1.82, 2.24) is 4.98 Å². The van der Waals surface area contributed by atoms with Gasteiger partial charge in [-0.2, -0.15) is 0 Å². The third-order valence-corrected chi connectivity index (χ3v) is 4.45. The summed E-state index contributed by atoms with van der Waals surface area (Å²) in [5, 5.41) is 3.37. The topological polar surface area (TPSA) is 48.4 Å². The number of carbonyl (C=O) groups is 1. The van der Waals surface area contributed by atoms with Crippen LogP contribution in [0.25, 0.3) is 10.6 Å². The minimum atomic E-state index is -0.382. The van der Waals surface area contributed by atoms with E-state index in [2.05, 4.69) is 4.98 Å². The van der Waals surface area contributed by atoms with Gasteiger partial charge in [0.25, 0.3) is 0 Å². The molecule has 0 aliphatic heterocycles. The maximum atomic E-state index is 12.1. The molecule has 0 spiro atoms. The summed E-state index contributed by atoms with van der Waals surface area (Å²) >= 11 is 7.36. The van der Waals surface area contributed by atoms with Crippen molar-refractivity contribution in [3.63, 3.8) is 0 Å². The van der Waals surface area contributed by atoms with E-state index in [4.69, 9.17) is 21.1 Å². The number of para-hydroxylation sites is 2. The molecule has 0 radical (unpaired) electrons. The first-order chi connectivity index (χ1) is 11.7. The number of rotatable bonds is 5. The van der Waals surface area contributed by atoms with Gasteiger partial charge < -0.3 is 9.47 Å². The second-order valence-corrected chi connectivity index (χ2v) is 6.25. The Bertz CT molecular complexity index is 845. The van der Waals surface area contributed by atoms with Gasteiger partial charge >= 0.3 is 5.97 Å². The Labute approximate surface area is 148 Å². The van der Waals surface area contributed by atoms with Crippen LogP contribution in [0.3, 0.4) is 0 Å². The smallest absolute Gasteiger partial charge is 0.317 e. The third kappa shape index (κ3) is 3.93. The molecule has 0 amide bonds. The van der Waals surface area contributed by atoms with Crippen LogP contribution in [0.15, 0.2) is 53.9 Å². The van der Waals surface area contributed by atoms with Crippen LogP contribution in [-0.4, -0.2) is 18.1 Å². The molecule has 3 rings (SSSR count). The molecule has 0 fully saturated rings. The molecule has 0 saturated heterocycles. The summed E-state index contributed by atoms with van der Waals surface area (Å²) < 4.78 is 10.5. The SMILES string of the molecule is COc1ccccc1OC(=O)Cc1csc(-c2ccc(Cl)cc2)n1. The van der Waals surface area contributed by atoms with E-state index < -0.39 is 0 Å². The highest BCUT2D eigenvalue weighted by Gasteiger charge is 2.13. The number of aromatic nitrogens is 1. The van der Waals surface area contributed by atoms with E-state index in [0.29, 0.717) is 22.2 Å². The lowest BCUT2D eigenvalue weighted by Crippen LogP contribution is -2.12. The number of esters is 1. The van der Waals surface area contributed by atoms with Crippen molar-refractivity contribution in [1.29, 1.82) is 0 Å². The van der Waals surface area contributed by atoms with Crippen molar-refractivity contribution in [2.75, 3.05) is 7.11 Å². The van der Waals surface area contributed by atoms with E-state index in [0.717, 1.165) is 10.6 Å². The molecule has 1 heterocycles. The number of halogens is 1. The van der Waals surface area contributed by atoms with Gasteiger partial charge in [0.15, 0.2) is 11.5 Å². The zero-order chi connectivity index (χ0) is 16.9. The van der Waals surface area contributed by atoms with Crippen LogP contribution in [0.2, 0.25) is 5.02 Å². The largest absolute Gasteiger partial charge is 0.493 e. The lowest BCUT2D eigenvalue weighted by Gasteiger charge is -2.07. The highest BCUT2D eigenvalue weighted by molar-refractivity contribution is 7.13. The van der Waals surface area contributed by atoms with Crippen LogP contribution in [0, 0.1) is 0 Å². The molecule has 0 unspecified atom stereocenters. The number of carbonyl (C=O) groups excluding carboxylic acids is 1. The lowest BCUT2D eigenvalue weighted by molar-refractivity contribution is -0.133. The second kappa shape index (κ2) is 7.47. The van der Waals surface area contributed by atoms with E-state index in [1.54, 1.807) is 18.2 Å². The predicted molar refractivity (Wildman–Crippen MR) is 94.9 cm³/mol. The van der Waals surface area contributed by atoms with Gasteiger partial charge in [0, 0.05) is 16.0 Å². The molecule has 0 atom stereocenters. The highest BCUT2D eigenvalue weighted by Crippen LogP contribution is 2.27. The normalized spacial score (nSPS) is 10.4. The number of methoxy groups -OCH3 is 1. The fourth-order valence-corrected chi connectivity index (χ4v) is 3.07. The molecular formula is C18H14ClNO3S. The van der Waals surface area contributed by atoms with Crippen molar-refractivity contribution in [2.24, 2.45) is 0 Å². The molecule has 122 valence electrons. The number of benzene rings is 2. The van der Waals surface area contributed by atoms with E-state index in [-0.39, 0.29) is 12.4 Å². The number of ether oxygens (including phenoxy) is 2. The van der Waals surface area contributed by atoms with Crippen LogP contribution in [-0.2, 0) is 11.2 Å². The van der Waals surface area contributed by atoms with Crippen molar-refractivity contribution >= 4 is 28.9 Å². The Hall–Kier alpha value is -2.37. The maximum Gasteiger partial charge on any atom is 0.317 e. The van der Waals surface area contributed by atoms with Crippen LogP contribution < -0.4 is 9.47 Å². The lowest BCUT2D eigenvalue weighted by atomic mass is 10.2. The van der Waals surface area contributed by atoms with Crippen LogP contribution in [0.5, 0.6) is 11.5 Å². The number of nitrogens with zero attached hydrogens (tertiary/aromatic N) is 1. The Morgan fingerprint density at radius 1 is 1.12 bits per heavy atom. The molecule has 3 aromatic rings. The molecule has 4 nitrogen and oxygen atoms in total. The van der Waals surface area contributed by atoms with E-state index in [9.17, 15) is 4.79 Å². The molecule has 2 aromatic carbocycles. The van der Waals surface area contributed by atoms with Crippen molar-refractivity contribution < 1.29 is 14.3 Å². The zero-order valence-corrected chi connectivity index (χ0v) is 14.4. The monoisotopic (exact) mass is 359 g/mol. The van der Waals surface area contributed by atoms with Gasteiger partial charge in [-0.05, 0) is 24.3 Å². The fourth-order valence-electron chi connectivity index (χ4n) is 2.12. The first kappa shape index (κ1) is 16.5. The van der Waals surface area contributed by atoms with Crippen molar-refractivity contribution in [3.8, 4) is 22.1 Å². The standard InChI is InChI=1S/C18H14ClNO3S/c1-22-15-4-2-3-5-16(15)23-17(21)10-14-11-24-18(20-14)12-6-8-13(19)9-7-12/h2-9,11H,10H2,1H3. The Kier molecular flexibility index (Phi) is 5.13. The molecule has 1 aromatic heterocycles. The number of hydrogen-bond donors (Lipinski definition) is 0. The van der Waals surface area contributed by atoms with Crippen LogP contribution in [0.1, 0.15) is 5.69 Å². The van der Waals surface area contributed by atoms with Gasteiger partial charge in [0.1, 0.15) is 5.01 Å². The first-order valence-corrected chi connectivity index (χ1v) is 8.45. The molecule has 0 bridgehead atoms. The summed E-state index contributed by atoms with van der Waals surface area (Å²) in [5.74, 6) is 0.539. The Morgan fingerprint density at radius 2 is 1.83 bits per heavy atom. The Morgan fingerprint density at radius 3 is 2.54 bits per heavy atom.